The number of thioether (sulfide) groups is 1. The standard InChI is InChI=1S/C6H11N3S/c1-3-4-10-6-7-5-8-9(6)2/h3,5-6H,1,4H2,2H3,(H,7,8). The average molecular weight is 157 g/mol. The van der Waals surface area contributed by atoms with Crippen molar-refractivity contribution < 1.29 is 0 Å². The lowest BCUT2D eigenvalue weighted by Crippen LogP contribution is -2.32. The number of nitrogens with zero attached hydrogens (tertiary/aromatic N) is 2. The molecule has 1 aliphatic heterocycles. The molecule has 1 atom stereocenters. The van der Waals surface area contributed by atoms with E-state index in [1.807, 2.05) is 18.1 Å². The molecule has 0 saturated carbocycles. The lowest BCUT2D eigenvalue weighted by Gasteiger charge is -2.15. The molecule has 0 aromatic heterocycles. The molecule has 10 heavy (non-hydrogen) atoms. The summed E-state index contributed by atoms with van der Waals surface area (Å²) in [7, 11) is 1.97. The van der Waals surface area contributed by atoms with Gasteiger partial charge in [-0.2, -0.15) is 5.01 Å². The molecular formula is C6H11N3S. The molecule has 0 aromatic carbocycles. The summed E-state index contributed by atoms with van der Waals surface area (Å²) in [6, 6.07) is 0. The van der Waals surface area contributed by atoms with E-state index in [-0.39, 0.29) is 5.50 Å². The van der Waals surface area contributed by atoms with Crippen molar-refractivity contribution in [2.45, 2.75) is 5.50 Å². The molecule has 56 valence electrons. The number of hydrazine groups is 1. The minimum Gasteiger partial charge on any atom is -0.307 e. The molecule has 1 rings (SSSR count). The lowest BCUT2D eigenvalue weighted by atomic mass is 10.8. The third kappa shape index (κ3) is 1.75. The highest BCUT2D eigenvalue weighted by molar-refractivity contribution is 7.99. The van der Waals surface area contributed by atoms with E-state index in [1.54, 1.807) is 18.1 Å². The van der Waals surface area contributed by atoms with E-state index in [1.165, 1.54) is 0 Å². The number of hydrogen-bond acceptors (Lipinski definition) is 4. The second-order valence-electron chi connectivity index (χ2n) is 1.97. The largest absolute Gasteiger partial charge is 0.307 e. The molecule has 0 fully saturated rings. The maximum absolute atomic E-state index is 4.16. The molecular weight excluding hydrogens is 146 g/mol. The highest BCUT2D eigenvalue weighted by Gasteiger charge is 2.14. The van der Waals surface area contributed by atoms with E-state index >= 15 is 0 Å². The molecule has 0 radical (unpaired) electrons. The van der Waals surface area contributed by atoms with Crippen LogP contribution in [0.2, 0.25) is 0 Å². The van der Waals surface area contributed by atoms with Gasteiger partial charge in [0, 0.05) is 12.8 Å². The Bertz CT molecular complexity index is 146. The maximum atomic E-state index is 4.16. The van der Waals surface area contributed by atoms with Gasteiger partial charge in [0.25, 0.3) is 0 Å². The minimum absolute atomic E-state index is 0.220. The Hall–Kier alpha value is -0.480. The number of rotatable bonds is 3. The summed E-state index contributed by atoms with van der Waals surface area (Å²) in [5, 5.41) is 1.95. The summed E-state index contributed by atoms with van der Waals surface area (Å²) in [5.74, 6) is 0.939. The predicted molar refractivity (Wildman–Crippen MR) is 45.8 cm³/mol. The second kappa shape index (κ2) is 3.63. The van der Waals surface area contributed by atoms with Gasteiger partial charge < -0.3 is 5.43 Å². The molecule has 3 nitrogen and oxygen atoms in total. The van der Waals surface area contributed by atoms with Crippen LogP contribution in [0.25, 0.3) is 0 Å². The first-order valence-corrected chi connectivity index (χ1v) is 4.12. The van der Waals surface area contributed by atoms with Gasteiger partial charge in [-0.25, -0.2) is 4.99 Å². The third-order valence-electron chi connectivity index (χ3n) is 1.16. The van der Waals surface area contributed by atoms with Crippen molar-refractivity contribution in [3.8, 4) is 0 Å². The van der Waals surface area contributed by atoms with Crippen molar-refractivity contribution in [1.82, 2.24) is 10.4 Å². The maximum Gasteiger partial charge on any atom is 0.167 e. The van der Waals surface area contributed by atoms with E-state index in [0.717, 1.165) is 5.75 Å². The first-order chi connectivity index (χ1) is 4.84. The fourth-order valence-corrected chi connectivity index (χ4v) is 1.40. The zero-order valence-electron chi connectivity index (χ0n) is 5.95. The topological polar surface area (TPSA) is 27.6 Å². The number of aliphatic imine (C=N–C) groups is 1. The molecule has 0 aromatic rings. The zero-order valence-corrected chi connectivity index (χ0v) is 6.77. The van der Waals surface area contributed by atoms with Crippen molar-refractivity contribution in [1.29, 1.82) is 0 Å². The van der Waals surface area contributed by atoms with Crippen LogP contribution in [-0.2, 0) is 0 Å². The van der Waals surface area contributed by atoms with Gasteiger partial charge in [-0.05, 0) is 0 Å². The van der Waals surface area contributed by atoms with Crippen LogP contribution in [-0.4, -0.2) is 29.6 Å². The molecule has 1 heterocycles. The van der Waals surface area contributed by atoms with Gasteiger partial charge >= 0.3 is 0 Å². The monoisotopic (exact) mass is 157 g/mol. The van der Waals surface area contributed by atoms with Crippen molar-refractivity contribution in [2.75, 3.05) is 12.8 Å². The highest BCUT2D eigenvalue weighted by Crippen LogP contribution is 2.15. The average Bonchev–Trinajstić information content (AvgIpc) is 2.31. The molecule has 0 spiro atoms. The van der Waals surface area contributed by atoms with Gasteiger partial charge in [0.15, 0.2) is 5.50 Å². The van der Waals surface area contributed by atoms with Gasteiger partial charge in [0.2, 0.25) is 0 Å². The smallest absolute Gasteiger partial charge is 0.167 e. The van der Waals surface area contributed by atoms with E-state index in [4.69, 9.17) is 0 Å². The van der Waals surface area contributed by atoms with Crippen molar-refractivity contribution in [3.63, 3.8) is 0 Å². The van der Waals surface area contributed by atoms with Crippen LogP contribution in [0.15, 0.2) is 17.6 Å². The Balaban J connectivity index is 2.26. The van der Waals surface area contributed by atoms with E-state index < -0.39 is 0 Å². The van der Waals surface area contributed by atoms with Gasteiger partial charge in [-0.1, -0.05) is 6.08 Å². The normalized spacial score (nSPS) is 24.7. The number of hydrogen-bond donors (Lipinski definition) is 1. The summed E-state index contributed by atoms with van der Waals surface area (Å²) in [4.78, 5) is 4.16. The molecule has 1 unspecified atom stereocenters. The van der Waals surface area contributed by atoms with Crippen molar-refractivity contribution >= 4 is 18.1 Å². The fourth-order valence-electron chi connectivity index (χ4n) is 0.661. The van der Waals surface area contributed by atoms with Crippen LogP contribution in [0.3, 0.4) is 0 Å². The molecule has 0 bridgehead atoms. The Morgan fingerprint density at radius 2 is 2.80 bits per heavy atom. The summed E-state index contributed by atoms with van der Waals surface area (Å²) < 4.78 is 0. The Kier molecular flexibility index (Phi) is 2.77. The molecule has 0 saturated heterocycles. The Morgan fingerprint density at radius 3 is 3.30 bits per heavy atom. The molecule has 4 heteroatoms. The summed E-state index contributed by atoms with van der Waals surface area (Å²) >= 11 is 1.74. The lowest BCUT2D eigenvalue weighted by molar-refractivity contribution is 0.309. The fraction of sp³-hybridized carbons (Fsp3) is 0.500. The van der Waals surface area contributed by atoms with Gasteiger partial charge in [0.05, 0.1) is 6.34 Å². The van der Waals surface area contributed by atoms with E-state index in [9.17, 15) is 0 Å². The zero-order chi connectivity index (χ0) is 7.40. The first kappa shape index (κ1) is 7.63. The van der Waals surface area contributed by atoms with Gasteiger partial charge in [0.1, 0.15) is 0 Å². The van der Waals surface area contributed by atoms with Crippen LogP contribution in [0.1, 0.15) is 0 Å². The van der Waals surface area contributed by atoms with Crippen LogP contribution < -0.4 is 5.43 Å². The third-order valence-corrected chi connectivity index (χ3v) is 2.32. The SMILES string of the molecule is C=CCSC1N=CNN1C. The van der Waals surface area contributed by atoms with Crippen LogP contribution >= 0.6 is 11.8 Å². The second-order valence-corrected chi connectivity index (χ2v) is 3.05. The van der Waals surface area contributed by atoms with Gasteiger partial charge in [-0.15, -0.1) is 18.3 Å². The van der Waals surface area contributed by atoms with E-state index in [0.29, 0.717) is 0 Å². The van der Waals surface area contributed by atoms with Crippen LogP contribution in [0.4, 0.5) is 0 Å². The Labute approximate surface area is 65.2 Å². The molecule has 0 amide bonds. The van der Waals surface area contributed by atoms with Crippen LogP contribution in [0, 0.1) is 0 Å². The van der Waals surface area contributed by atoms with Crippen molar-refractivity contribution in [2.24, 2.45) is 4.99 Å². The van der Waals surface area contributed by atoms with Crippen LogP contribution in [0.5, 0.6) is 0 Å². The summed E-state index contributed by atoms with van der Waals surface area (Å²) in [6.45, 7) is 3.64. The Morgan fingerprint density at radius 1 is 2.00 bits per heavy atom. The predicted octanol–water partition coefficient (Wildman–Crippen LogP) is 0.667. The number of nitrogens with one attached hydrogen (secondary N) is 1. The summed E-state index contributed by atoms with van der Waals surface area (Å²) in [6.07, 6.45) is 3.59. The molecule has 1 aliphatic rings. The molecule has 1 N–H and O–H groups in total. The first-order valence-electron chi connectivity index (χ1n) is 3.07. The highest BCUT2D eigenvalue weighted by atomic mass is 32.2. The summed E-state index contributed by atoms with van der Waals surface area (Å²) in [5.41, 5.74) is 3.19. The minimum atomic E-state index is 0.220. The van der Waals surface area contributed by atoms with E-state index in [2.05, 4.69) is 17.0 Å². The molecule has 0 aliphatic carbocycles. The quantitative estimate of drug-likeness (QED) is 0.610. The van der Waals surface area contributed by atoms with Crippen molar-refractivity contribution in [3.05, 3.63) is 12.7 Å². The van der Waals surface area contributed by atoms with Gasteiger partial charge in [-0.3, -0.25) is 0 Å².